The van der Waals surface area contributed by atoms with Crippen molar-refractivity contribution in [1.82, 2.24) is 9.55 Å². The summed E-state index contributed by atoms with van der Waals surface area (Å²) in [4.78, 5) is 15.2. The minimum absolute atomic E-state index is 0.123. The normalized spacial score (nSPS) is 29.1. The monoisotopic (exact) mass is 275 g/mol. The van der Waals surface area contributed by atoms with Crippen LogP contribution in [0.1, 0.15) is 0 Å². The fraction of sp³-hybridized carbons (Fsp3) is 0.556. The largest absolute Gasteiger partial charge is 0.383 e. The molecule has 6 nitrogen and oxygen atoms in total. The Morgan fingerprint density at radius 1 is 1.76 bits per heavy atom. The summed E-state index contributed by atoms with van der Waals surface area (Å²) >= 11 is 0. The first-order valence-corrected chi connectivity index (χ1v) is 8.84. The van der Waals surface area contributed by atoms with Crippen molar-refractivity contribution in [1.29, 1.82) is 0 Å². The third kappa shape index (κ3) is 3.39. The number of anilines is 1. The van der Waals surface area contributed by atoms with Crippen molar-refractivity contribution in [3.63, 3.8) is 0 Å². The highest BCUT2D eigenvalue weighted by molar-refractivity contribution is 7.95. The van der Waals surface area contributed by atoms with Crippen LogP contribution in [-0.2, 0) is 15.8 Å². The second-order valence-electron chi connectivity index (χ2n) is 4.10. The van der Waals surface area contributed by atoms with Crippen LogP contribution in [0.15, 0.2) is 17.1 Å². The molecule has 0 saturated carbocycles. The second kappa shape index (κ2) is 4.91. The summed E-state index contributed by atoms with van der Waals surface area (Å²) in [5, 5.41) is 0. The van der Waals surface area contributed by atoms with Crippen molar-refractivity contribution in [3.8, 4) is 0 Å². The second-order valence-corrected chi connectivity index (χ2v) is 9.66. The number of nitrogens with two attached hydrogens (primary N) is 1. The Bertz CT molecular complexity index is 504. The number of rotatable bonds is 2. The minimum atomic E-state index is -1.54. The van der Waals surface area contributed by atoms with E-state index in [4.69, 9.17) is 15.0 Å². The molecule has 2 N–H and O–H groups in total. The van der Waals surface area contributed by atoms with Crippen LogP contribution in [0.2, 0.25) is 0 Å². The summed E-state index contributed by atoms with van der Waals surface area (Å²) in [5.41, 5.74) is 5.05. The molecule has 0 spiro atoms. The first-order chi connectivity index (χ1) is 7.96. The lowest BCUT2D eigenvalue weighted by atomic mass is 10.3. The lowest BCUT2D eigenvalue weighted by Crippen LogP contribution is -2.34. The van der Waals surface area contributed by atoms with E-state index in [-0.39, 0.29) is 17.6 Å². The molecule has 94 valence electrons. The summed E-state index contributed by atoms with van der Waals surface area (Å²) in [6.45, 7) is 1.36. The van der Waals surface area contributed by atoms with Crippen molar-refractivity contribution in [2.24, 2.45) is 0 Å². The zero-order chi connectivity index (χ0) is 12.5. The van der Waals surface area contributed by atoms with Crippen LogP contribution < -0.4 is 11.4 Å². The van der Waals surface area contributed by atoms with Crippen LogP contribution in [0.5, 0.6) is 0 Å². The Morgan fingerprint density at radius 2 is 2.53 bits per heavy atom. The molecule has 1 aromatic rings. The molecule has 17 heavy (non-hydrogen) atoms. The zero-order valence-electron chi connectivity index (χ0n) is 9.50. The average molecular weight is 275 g/mol. The quantitative estimate of drug-likeness (QED) is 0.808. The molecule has 2 atom stereocenters. The van der Waals surface area contributed by atoms with E-state index in [0.717, 1.165) is 0 Å². The number of nitrogens with zero attached hydrogens (tertiary/aromatic N) is 2. The smallest absolute Gasteiger partial charge is 0.349 e. The summed E-state index contributed by atoms with van der Waals surface area (Å²) in [6, 6.07) is 1.59. The van der Waals surface area contributed by atoms with Gasteiger partial charge in [0.05, 0.1) is 25.6 Å². The van der Waals surface area contributed by atoms with Crippen molar-refractivity contribution in [3.05, 3.63) is 22.7 Å². The maximum Gasteiger partial charge on any atom is 0.349 e. The predicted octanol–water partition coefficient (Wildman–Crippen LogP) is 0.819. The van der Waals surface area contributed by atoms with E-state index >= 15 is 0 Å². The minimum Gasteiger partial charge on any atom is -0.383 e. The highest BCUT2D eigenvalue weighted by Gasteiger charge is 2.23. The van der Waals surface area contributed by atoms with Gasteiger partial charge in [-0.15, -0.1) is 0 Å². The highest BCUT2D eigenvalue weighted by atomic mass is 31.8. The predicted molar refractivity (Wildman–Crippen MR) is 69.8 cm³/mol. The van der Waals surface area contributed by atoms with E-state index in [1.807, 2.05) is 6.66 Å². The molecule has 1 unspecified atom stereocenters. The maximum atomic E-state index is 11.5. The Balaban J connectivity index is 2.03. The van der Waals surface area contributed by atoms with E-state index in [1.165, 1.54) is 4.57 Å². The molecule has 1 aliphatic heterocycles. The Morgan fingerprint density at radius 3 is 3.12 bits per heavy atom. The summed E-state index contributed by atoms with van der Waals surface area (Å²) in [6.07, 6.45) is 2.04. The van der Waals surface area contributed by atoms with Crippen LogP contribution in [-0.4, -0.2) is 35.3 Å². The standard InChI is InChI=1S/C9H15N3O3P2/c1-17(16)6-14-7(5-15-17)4-12-3-2-8(10)11-9(12)13/h2-3,7,16H,4-6H2,1H3,(H2,10,11,13)/t7-,17?/m0/s1. The van der Waals surface area contributed by atoms with E-state index in [9.17, 15) is 4.79 Å². The Kier molecular flexibility index (Phi) is 3.69. The van der Waals surface area contributed by atoms with E-state index < -0.39 is 6.78 Å². The molecule has 2 heterocycles. The fourth-order valence-corrected chi connectivity index (χ4v) is 3.00. The SMILES string of the molecule is CP1(=P)CO[C@@H](Cn2ccc(N)nc2=O)CO1. The van der Waals surface area contributed by atoms with Gasteiger partial charge in [0.2, 0.25) is 0 Å². The molecule has 0 aliphatic carbocycles. The number of hydrogen-bond acceptors (Lipinski definition) is 5. The van der Waals surface area contributed by atoms with Gasteiger partial charge in [0, 0.05) is 13.0 Å². The van der Waals surface area contributed by atoms with Crippen molar-refractivity contribution < 1.29 is 9.26 Å². The van der Waals surface area contributed by atoms with Gasteiger partial charge in [0.15, 0.2) is 0 Å². The number of nitrogen functional groups attached to an aromatic ring is 1. The van der Waals surface area contributed by atoms with Gasteiger partial charge in [-0.2, -0.15) is 4.98 Å². The molecular formula is C9H15N3O3P2. The van der Waals surface area contributed by atoms with Gasteiger partial charge in [-0.25, -0.2) is 4.79 Å². The molecule has 1 aliphatic rings. The number of ether oxygens (including phenoxy) is 1. The average Bonchev–Trinajstić information content (AvgIpc) is 2.25. The molecular weight excluding hydrogens is 260 g/mol. The fourth-order valence-electron chi connectivity index (χ4n) is 1.49. The summed E-state index contributed by atoms with van der Waals surface area (Å²) in [5.74, 6) is 0.228. The molecule has 0 aromatic carbocycles. The maximum absolute atomic E-state index is 11.5. The Hall–Kier alpha value is -0.670. The summed E-state index contributed by atoms with van der Waals surface area (Å²) in [7, 11) is 3.55. The zero-order valence-corrected chi connectivity index (χ0v) is 11.4. The number of hydrogen-bond donors (Lipinski definition) is 1. The van der Waals surface area contributed by atoms with E-state index in [1.54, 1.807) is 12.3 Å². The Labute approximate surface area is 101 Å². The van der Waals surface area contributed by atoms with Gasteiger partial charge < -0.3 is 15.0 Å². The first-order valence-electron chi connectivity index (χ1n) is 5.16. The van der Waals surface area contributed by atoms with Gasteiger partial charge in [0.1, 0.15) is 5.82 Å². The van der Waals surface area contributed by atoms with Crippen molar-refractivity contribution in [2.75, 3.05) is 25.4 Å². The van der Waals surface area contributed by atoms with Gasteiger partial charge in [0.25, 0.3) is 0 Å². The van der Waals surface area contributed by atoms with Gasteiger partial charge in [-0.3, -0.25) is 4.57 Å². The topological polar surface area (TPSA) is 79.4 Å². The van der Waals surface area contributed by atoms with E-state index in [0.29, 0.717) is 19.5 Å². The molecule has 8 heteroatoms. The third-order valence-corrected chi connectivity index (χ3v) is 4.53. The first kappa shape index (κ1) is 12.8. The van der Waals surface area contributed by atoms with Crippen LogP contribution in [0.4, 0.5) is 5.82 Å². The molecule has 0 radical (unpaired) electrons. The highest BCUT2D eigenvalue weighted by Crippen LogP contribution is 2.51. The van der Waals surface area contributed by atoms with Crippen LogP contribution in [0.3, 0.4) is 0 Å². The molecule has 2 rings (SSSR count). The number of aromatic nitrogens is 2. The van der Waals surface area contributed by atoms with Crippen LogP contribution >= 0.6 is 15.3 Å². The van der Waals surface area contributed by atoms with Gasteiger partial charge in [-0.1, -0.05) is 8.53 Å². The van der Waals surface area contributed by atoms with Gasteiger partial charge >= 0.3 is 5.69 Å². The molecule has 0 amide bonds. The third-order valence-electron chi connectivity index (χ3n) is 2.40. The van der Waals surface area contributed by atoms with Crippen molar-refractivity contribution >= 4 is 21.1 Å². The van der Waals surface area contributed by atoms with Crippen LogP contribution in [0.25, 0.3) is 0 Å². The lowest BCUT2D eigenvalue weighted by Gasteiger charge is -2.30. The molecule has 1 saturated heterocycles. The lowest BCUT2D eigenvalue weighted by molar-refractivity contribution is 0.0111. The van der Waals surface area contributed by atoms with Gasteiger partial charge in [-0.05, 0) is 12.7 Å². The molecule has 0 bridgehead atoms. The van der Waals surface area contributed by atoms with E-state index in [2.05, 4.69) is 13.5 Å². The molecule has 1 aromatic heterocycles. The van der Waals surface area contributed by atoms with Crippen molar-refractivity contribution in [2.45, 2.75) is 12.6 Å². The molecule has 1 fully saturated rings. The summed E-state index contributed by atoms with van der Waals surface area (Å²) < 4.78 is 12.8. The van der Waals surface area contributed by atoms with Crippen LogP contribution in [0, 0.1) is 0 Å².